The summed E-state index contributed by atoms with van der Waals surface area (Å²) in [6.07, 6.45) is 2.16. The fraction of sp³-hybridized carbons (Fsp3) is 0.600. The molecule has 1 aromatic rings. The van der Waals surface area contributed by atoms with Crippen LogP contribution in [0.4, 0.5) is 0 Å². The van der Waals surface area contributed by atoms with Crippen LogP contribution in [0.1, 0.15) is 24.5 Å². The van der Waals surface area contributed by atoms with Crippen molar-refractivity contribution < 1.29 is 4.74 Å². The van der Waals surface area contributed by atoms with E-state index in [1.54, 1.807) is 0 Å². The highest BCUT2D eigenvalue weighted by Gasteiger charge is 2.24. The Kier molecular flexibility index (Phi) is 3.96. The van der Waals surface area contributed by atoms with Gasteiger partial charge < -0.3 is 10.1 Å². The Hall–Kier alpha value is -0.770. The molecule has 0 spiro atoms. The van der Waals surface area contributed by atoms with E-state index in [9.17, 15) is 0 Å². The first-order valence-electron chi connectivity index (χ1n) is 7.16. The van der Waals surface area contributed by atoms with Crippen LogP contribution in [0.3, 0.4) is 0 Å². The molecular weight excluding hydrogens is 260 g/mol. The summed E-state index contributed by atoms with van der Waals surface area (Å²) in [4.78, 5) is 2.55. The lowest BCUT2D eigenvalue weighted by atomic mass is 10.1. The summed E-state index contributed by atoms with van der Waals surface area (Å²) in [5.41, 5.74) is 2.52. The van der Waals surface area contributed by atoms with Crippen molar-refractivity contribution in [2.45, 2.75) is 32.4 Å². The van der Waals surface area contributed by atoms with Gasteiger partial charge in [0, 0.05) is 49.2 Å². The second-order valence-electron chi connectivity index (χ2n) is 5.39. The Bertz CT molecular complexity index is 464. The molecule has 1 N–H and O–H groups in total. The van der Waals surface area contributed by atoms with Crippen LogP contribution in [-0.4, -0.2) is 37.2 Å². The number of hydrogen-bond donors (Lipinski definition) is 1. The number of ether oxygens (including phenoxy) is 1. The van der Waals surface area contributed by atoms with E-state index in [0.29, 0.717) is 6.04 Å². The van der Waals surface area contributed by atoms with Crippen molar-refractivity contribution in [3.8, 4) is 5.75 Å². The van der Waals surface area contributed by atoms with Gasteiger partial charge in [-0.2, -0.15) is 0 Å². The largest absolute Gasteiger partial charge is 0.493 e. The monoisotopic (exact) mass is 280 g/mol. The molecule has 104 valence electrons. The molecule has 3 rings (SSSR count). The number of halogens is 1. The predicted octanol–water partition coefficient (Wildman–Crippen LogP) is 2.46. The Balaban J connectivity index is 1.82. The Morgan fingerprint density at radius 2 is 2.37 bits per heavy atom. The van der Waals surface area contributed by atoms with Crippen molar-refractivity contribution in [1.29, 1.82) is 0 Å². The van der Waals surface area contributed by atoms with E-state index < -0.39 is 0 Å². The lowest BCUT2D eigenvalue weighted by molar-refractivity contribution is 0.147. The highest BCUT2D eigenvalue weighted by atomic mass is 35.5. The smallest absolute Gasteiger partial charge is 0.127 e. The molecule has 1 unspecified atom stereocenters. The van der Waals surface area contributed by atoms with Crippen molar-refractivity contribution in [3.05, 3.63) is 28.3 Å². The van der Waals surface area contributed by atoms with Crippen molar-refractivity contribution in [1.82, 2.24) is 10.2 Å². The number of nitrogens with one attached hydrogen (secondary N) is 1. The topological polar surface area (TPSA) is 24.5 Å². The molecule has 1 fully saturated rings. The zero-order valence-corrected chi connectivity index (χ0v) is 12.2. The third kappa shape index (κ3) is 2.73. The average Bonchev–Trinajstić information content (AvgIpc) is 2.87. The molecular formula is C15H21ClN2O. The molecule has 0 saturated carbocycles. The molecule has 19 heavy (non-hydrogen) atoms. The van der Waals surface area contributed by atoms with E-state index in [1.165, 1.54) is 17.5 Å². The van der Waals surface area contributed by atoms with Crippen LogP contribution in [0, 0.1) is 0 Å². The molecule has 1 aromatic carbocycles. The third-order valence-corrected chi connectivity index (χ3v) is 4.36. The van der Waals surface area contributed by atoms with Crippen molar-refractivity contribution in [3.63, 3.8) is 0 Å². The zero-order valence-electron chi connectivity index (χ0n) is 11.4. The fourth-order valence-electron chi connectivity index (χ4n) is 3.10. The number of nitrogens with zero attached hydrogens (tertiary/aromatic N) is 1. The maximum atomic E-state index is 6.23. The van der Waals surface area contributed by atoms with Crippen LogP contribution >= 0.6 is 11.6 Å². The minimum absolute atomic E-state index is 0.616. The number of benzene rings is 1. The molecule has 2 aliphatic rings. The highest BCUT2D eigenvalue weighted by Crippen LogP contribution is 2.34. The molecule has 0 bridgehead atoms. The normalized spacial score (nSPS) is 23.2. The van der Waals surface area contributed by atoms with E-state index >= 15 is 0 Å². The van der Waals surface area contributed by atoms with Gasteiger partial charge >= 0.3 is 0 Å². The van der Waals surface area contributed by atoms with Crippen molar-refractivity contribution in [2.75, 3.05) is 26.2 Å². The molecule has 0 aromatic heterocycles. The van der Waals surface area contributed by atoms with Gasteiger partial charge in [0.15, 0.2) is 0 Å². The summed E-state index contributed by atoms with van der Waals surface area (Å²) >= 11 is 6.23. The fourth-order valence-corrected chi connectivity index (χ4v) is 3.36. The van der Waals surface area contributed by atoms with E-state index in [0.717, 1.165) is 50.0 Å². The lowest BCUT2D eigenvalue weighted by Gasteiger charge is -2.36. The summed E-state index contributed by atoms with van der Waals surface area (Å²) in [5.74, 6) is 1.08. The maximum Gasteiger partial charge on any atom is 0.127 e. The Morgan fingerprint density at radius 1 is 1.47 bits per heavy atom. The van der Waals surface area contributed by atoms with Gasteiger partial charge in [0.1, 0.15) is 5.75 Å². The Morgan fingerprint density at radius 3 is 3.21 bits per heavy atom. The second kappa shape index (κ2) is 5.70. The minimum atomic E-state index is 0.616. The Labute approximate surface area is 119 Å². The standard InChI is InChI=1S/C15H21ClN2O/c1-2-14-9-17-4-5-18(14)10-12-8-13(16)7-11-3-6-19-15(11)12/h7-8,14,17H,2-6,9-10H2,1H3. The molecule has 4 heteroatoms. The van der Waals surface area contributed by atoms with Crippen LogP contribution in [0.25, 0.3) is 0 Å². The SMILES string of the molecule is CCC1CNCCN1Cc1cc(Cl)cc2c1OCC2. The number of fused-ring (bicyclic) bond motifs is 1. The van der Waals surface area contributed by atoms with Gasteiger partial charge in [0.25, 0.3) is 0 Å². The summed E-state index contributed by atoms with van der Waals surface area (Å²) < 4.78 is 5.79. The maximum absolute atomic E-state index is 6.23. The molecule has 1 atom stereocenters. The van der Waals surface area contributed by atoms with Crippen molar-refractivity contribution in [2.24, 2.45) is 0 Å². The average molecular weight is 281 g/mol. The van der Waals surface area contributed by atoms with E-state index in [4.69, 9.17) is 16.3 Å². The van der Waals surface area contributed by atoms with Gasteiger partial charge in [-0.15, -0.1) is 0 Å². The minimum Gasteiger partial charge on any atom is -0.493 e. The van der Waals surface area contributed by atoms with Crippen LogP contribution in [0.5, 0.6) is 5.75 Å². The molecule has 1 saturated heterocycles. The lowest BCUT2D eigenvalue weighted by Crippen LogP contribution is -2.50. The molecule has 0 aliphatic carbocycles. The number of piperazine rings is 1. The second-order valence-corrected chi connectivity index (χ2v) is 5.82. The number of rotatable bonds is 3. The van der Waals surface area contributed by atoms with Gasteiger partial charge in [0.2, 0.25) is 0 Å². The predicted molar refractivity (Wildman–Crippen MR) is 78.0 cm³/mol. The first-order valence-corrected chi connectivity index (χ1v) is 7.54. The number of hydrogen-bond acceptors (Lipinski definition) is 3. The zero-order chi connectivity index (χ0) is 13.2. The van der Waals surface area contributed by atoms with Gasteiger partial charge in [-0.25, -0.2) is 0 Å². The van der Waals surface area contributed by atoms with Gasteiger partial charge in [-0.3, -0.25) is 4.90 Å². The molecule has 0 radical (unpaired) electrons. The van der Waals surface area contributed by atoms with Crippen molar-refractivity contribution >= 4 is 11.6 Å². The molecule has 0 amide bonds. The van der Waals surface area contributed by atoms with Gasteiger partial charge in [0.05, 0.1) is 6.61 Å². The third-order valence-electron chi connectivity index (χ3n) is 4.14. The summed E-state index contributed by atoms with van der Waals surface area (Å²) in [6, 6.07) is 4.73. The van der Waals surface area contributed by atoms with Gasteiger partial charge in [-0.05, 0) is 24.1 Å². The molecule has 2 heterocycles. The summed E-state index contributed by atoms with van der Waals surface area (Å²) in [7, 11) is 0. The van der Waals surface area contributed by atoms with Crippen LogP contribution in [-0.2, 0) is 13.0 Å². The van der Waals surface area contributed by atoms with Gasteiger partial charge in [-0.1, -0.05) is 18.5 Å². The summed E-state index contributed by atoms with van der Waals surface area (Å²) in [6.45, 7) is 7.24. The first-order chi connectivity index (χ1) is 9.28. The highest BCUT2D eigenvalue weighted by molar-refractivity contribution is 6.30. The van der Waals surface area contributed by atoms with Crippen LogP contribution < -0.4 is 10.1 Å². The molecule has 2 aliphatic heterocycles. The first kappa shape index (κ1) is 13.2. The quantitative estimate of drug-likeness (QED) is 0.921. The van der Waals surface area contributed by atoms with E-state index in [1.807, 2.05) is 6.07 Å². The van der Waals surface area contributed by atoms with Crippen LogP contribution in [0.15, 0.2) is 12.1 Å². The van der Waals surface area contributed by atoms with E-state index in [-0.39, 0.29) is 0 Å². The van der Waals surface area contributed by atoms with E-state index in [2.05, 4.69) is 23.2 Å². The summed E-state index contributed by atoms with van der Waals surface area (Å²) in [5, 5.41) is 4.30. The van der Waals surface area contributed by atoms with Crippen LogP contribution in [0.2, 0.25) is 5.02 Å². The molecule has 3 nitrogen and oxygen atoms in total.